The number of carbonyl (C=O) groups is 1. The fourth-order valence-corrected chi connectivity index (χ4v) is 11.8. The van der Waals surface area contributed by atoms with Gasteiger partial charge in [0.05, 0.1) is 18.1 Å². The van der Waals surface area contributed by atoms with E-state index < -0.39 is 22.9 Å². The molecule has 0 spiro atoms. The zero-order chi connectivity index (χ0) is 24.9. The summed E-state index contributed by atoms with van der Waals surface area (Å²) in [6.07, 6.45) is 9.81. The van der Waals surface area contributed by atoms with Gasteiger partial charge < -0.3 is 15.3 Å². The SMILES string of the molecule is CC(C)[C@@H]1CC[C@]2(C(=O)O)CC[C@]3(C)C(CC[C@@H]4[C@@]5(C)CC[C@H](O)[C@@](C)(CO)[C@@H]5CC[C@]43C)[C@@H]12. The van der Waals surface area contributed by atoms with Crippen molar-refractivity contribution in [2.45, 2.75) is 112 Å². The van der Waals surface area contributed by atoms with E-state index in [9.17, 15) is 20.1 Å². The largest absolute Gasteiger partial charge is 0.481 e. The van der Waals surface area contributed by atoms with E-state index in [0.717, 1.165) is 57.8 Å². The molecule has 3 N–H and O–H groups in total. The van der Waals surface area contributed by atoms with Crippen molar-refractivity contribution in [1.29, 1.82) is 0 Å². The van der Waals surface area contributed by atoms with Crippen molar-refractivity contribution >= 4 is 5.97 Å². The normalized spacial score (nSPS) is 56.9. The molecule has 0 bridgehead atoms. The van der Waals surface area contributed by atoms with Gasteiger partial charge in [0, 0.05) is 5.41 Å². The lowest BCUT2D eigenvalue weighted by Gasteiger charge is -2.72. The maximum absolute atomic E-state index is 12.8. The average Bonchev–Trinajstić information content (AvgIpc) is 3.18. The van der Waals surface area contributed by atoms with E-state index in [-0.39, 0.29) is 22.9 Å². The molecule has 0 aliphatic heterocycles. The van der Waals surface area contributed by atoms with Gasteiger partial charge in [0.1, 0.15) is 0 Å². The third kappa shape index (κ3) is 2.82. The predicted octanol–water partition coefficient (Wildman–Crippen LogP) is 6.14. The molecule has 5 saturated carbocycles. The minimum Gasteiger partial charge on any atom is -0.481 e. The Balaban J connectivity index is 1.56. The van der Waals surface area contributed by atoms with E-state index in [1.54, 1.807) is 0 Å². The van der Waals surface area contributed by atoms with Gasteiger partial charge in [0.15, 0.2) is 0 Å². The topological polar surface area (TPSA) is 77.8 Å². The van der Waals surface area contributed by atoms with Crippen molar-refractivity contribution in [3.63, 3.8) is 0 Å². The van der Waals surface area contributed by atoms with Crippen LogP contribution in [0.1, 0.15) is 106 Å². The van der Waals surface area contributed by atoms with Crippen LogP contribution in [0.2, 0.25) is 0 Å². The molecular formula is C30H50O4. The number of rotatable bonds is 3. The van der Waals surface area contributed by atoms with E-state index in [4.69, 9.17) is 0 Å². The second kappa shape index (κ2) is 7.70. The van der Waals surface area contributed by atoms with Crippen LogP contribution < -0.4 is 0 Å². The van der Waals surface area contributed by atoms with E-state index in [0.29, 0.717) is 35.5 Å². The Morgan fingerprint density at radius 1 is 0.853 bits per heavy atom. The molecule has 4 nitrogen and oxygen atoms in total. The summed E-state index contributed by atoms with van der Waals surface area (Å²) in [5.41, 5.74) is -0.434. The maximum atomic E-state index is 12.8. The molecule has 11 atom stereocenters. The number of aliphatic hydroxyl groups excluding tert-OH is 2. The third-order valence-electron chi connectivity index (χ3n) is 13.9. The first-order valence-electron chi connectivity index (χ1n) is 14.3. The smallest absolute Gasteiger partial charge is 0.309 e. The fraction of sp³-hybridized carbons (Fsp3) is 0.967. The van der Waals surface area contributed by atoms with Gasteiger partial charge in [-0.15, -0.1) is 0 Å². The summed E-state index contributed by atoms with van der Waals surface area (Å²) in [4.78, 5) is 12.8. The molecule has 194 valence electrons. The highest BCUT2D eigenvalue weighted by Crippen LogP contribution is 2.77. The Kier molecular flexibility index (Phi) is 5.67. The summed E-state index contributed by atoms with van der Waals surface area (Å²) in [6.45, 7) is 14.4. The summed E-state index contributed by atoms with van der Waals surface area (Å²) in [5.74, 6) is 2.27. The molecule has 5 aliphatic rings. The monoisotopic (exact) mass is 474 g/mol. The number of carboxylic acid groups (broad SMARTS) is 1. The highest BCUT2D eigenvalue weighted by atomic mass is 16.4. The second-order valence-corrected chi connectivity index (χ2v) is 14.8. The molecule has 0 radical (unpaired) electrons. The zero-order valence-corrected chi connectivity index (χ0v) is 22.6. The molecule has 4 heteroatoms. The van der Waals surface area contributed by atoms with Crippen LogP contribution in [0, 0.1) is 62.6 Å². The van der Waals surface area contributed by atoms with Gasteiger partial charge in [-0.2, -0.15) is 0 Å². The lowest BCUT2D eigenvalue weighted by atomic mass is 9.32. The third-order valence-corrected chi connectivity index (χ3v) is 13.9. The number of aliphatic hydroxyl groups is 2. The zero-order valence-electron chi connectivity index (χ0n) is 22.6. The van der Waals surface area contributed by atoms with Crippen molar-refractivity contribution in [2.75, 3.05) is 6.61 Å². The molecule has 1 unspecified atom stereocenters. The predicted molar refractivity (Wildman–Crippen MR) is 134 cm³/mol. The number of aliphatic carboxylic acids is 1. The first-order chi connectivity index (χ1) is 15.8. The van der Waals surface area contributed by atoms with Gasteiger partial charge >= 0.3 is 5.97 Å². The molecular weight excluding hydrogens is 424 g/mol. The van der Waals surface area contributed by atoms with E-state index in [1.807, 2.05) is 0 Å². The highest BCUT2D eigenvalue weighted by molar-refractivity contribution is 5.76. The Morgan fingerprint density at radius 3 is 2.18 bits per heavy atom. The van der Waals surface area contributed by atoms with Crippen molar-refractivity contribution in [1.82, 2.24) is 0 Å². The van der Waals surface area contributed by atoms with Crippen LogP contribution in [0.5, 0.6) is 0 Å². The molecule has 0 heterocycles. The van der Waals surface area contributed by atoms with Crippen LogP contribution in [-0.4, -0.2) is 34.0 Å². The standard InChI is InChI=1S/C30H50O4/c1-18(2)19-9-14-30(25(33)34)16-15-28(5)20(24(19)30)7-8-22-26(3)12-11-23(32)27(4,17-31)21(26)10-13-29(22,28)6/h18-24,31-32H,7-17H2,1-6H3,(H,33,34)/t19-,20?,21+,22+,23-,24+,26-,27-,28+,29+,30-/m0/s1. The lowest BCUT2D eigenvalue weighted by Crippen LogP contribution is -2.67. The second-order valence-electron chi connectivity index (χ2n) is 14.8. The number of hydrogen-bond acceptors (Lipinski definition) is 3. The van der Waals surface area contributed by atoms with Gasteiger partial charge in [-0.1, -0.05) is 41.5 Å². The summed E-state index contributed by atoms with van der Waals surface area (Å²) in [5, 5.41) is 31.9. The van der Waals surface area contributed by atoms with Crippen LogP contribution in [0.4, 0.5) is 0 Å². The minimum atomic E-state index is -0.523. The molecule has 0 aromatic carbocycles. The lowest BCUT2D eigenvalue weighted by molar-refractivity contribution is -0.255. The number of hydrogen-bond donors (Lipinski definition) is 3. The van der Waals surface area contributed by atoms with Gasteiger partial charge in [0.25, 0.3) is 0 Å². The molecule has 0 amide bonds. The van der Waals surface area contributed by atoms with Gasteiger partial charge in [-0.05, 0) is 116 Å². The number of carboxylic acids is 1. The molecule has 0 saturated heterocycles. The van der Waals surface area contributed by atoms with Crippen LogP contribution in [-0.2, 0) is 4.79 Å². The Bertz CT molecular complexity index is 840. The van der Waals surface area contributed by atoms with Crippen molar-refractivity contribution in [3.05, 3.63) is 0 Å². The highest BCUT2D eigenvalue weighted by Gasteiger charge is 2.72. The fourth-order valence-electron chi connectivity index (χ4n) is 11.8. The summed E-state index contributed by atoms with van der Waals surface area (Å²) in [7, 11) is 0. The van der Waals surface area contributed by atoms with Crippen molar-refractivity contribution < 1.29 is 20.1 Å². The quantitative estimate of drug-likeness (QED) is 0.459. The van der Waals surface area contributed by atoms with Crippen molar-refractivity contribution in [3.8, 4) is 0 Å². The average molecular weight is 475 g/mol. The summed E-state index contributed by atoms with van der Waals surface area (Å²) >= 11 is 0. The van der Waals surface area contributed by atoms with Crippen LogP contribution in [0.3, 0.4) is 0 Å². The Hall–Kier alpha value is -0.610. The van der Waals surface area contributed by atoms with Gasteiger partial charge in [-0.25, -0.2) is 0 Å². The molecule has 5 fully saturated rings. The van der Waals surface area contributed by atoms with E-state index in [2.05, 4.69) is 41.5 Å². The molecule has 34 heavy (non-hydrogen) atoms. The summed E-state index contributed by atoms with van der Waals surface area (Å²) < 4.78 is 0. The molecule has 5 rings (SSSR count). The van der Waals surface area contributed by atoms with Gasteiger partial charge in [-0.3, -0.25) is 4.79 Å². The van der Waals surface area contributed by atoms with Crippen LogP contribution in [0.25, 0.3) is 0 Å². The van der Waals surface area contributed by atoms with E-state index >= 15 is 0 Å². The molecule has 5 aliphatic carbocycles. The Labute approximate surface area is 207 Å². The minimum absolute atomic E-state index is 0.0665. The maximum Gasteiger partial charge on any atom is 0.309 e. The van der Waals surface area contributed by atoms with Crippen LogP contribution in [0.15, 0.2) is 0 Å². The molecule has 0 aromatic rings. The first kappa shape index (κ1) is 25.1. The van der Waals surface area contributed by atoms with E-state index in [1.165, 1.54) is 6.42 Å². The van der Waals surface area contributed by atoms with Crippen LogP contribution >= 0.6 is 0 Å². The Morgan fingerprint density at radius 2 is 1.56 bits per heavy atom. The molecule has 0 aromatic heterocycles. The summed E-state index contributed by atoms with van der Waals surface area (Å²) in [6, 6.07) is 0. The van der Waals surface area contributed by atoms with Crippen molar-refractivity contribution in [2.24, 2.45) is 62.6 Å². The first-order valence-corrected chi connectivity index (χ1v) is 14.3. The number of fused-ring (bicyclic) bond motifs is 7. The van der Waals surface area contributed by atoms with Gasteiger partial charge in [0.2, 0.25) is 0 Å².